The summed E-state index contributed by atoms with van der Waals surface area (Å²) in [6, 6.07) is 15.3. The molecule has 41 heavy (non-hydrogen) atoms. The molecular formula is C27H20N6O6S2. The average Bonchev–Trinajstić information content (AvgIpc) is 3.33. The summed E-state index contributed by atoms with van der Waals surface area (Å²) >= 11 is 0.588. The Morgan fingerprint density at radius 2 is 1.88 bits per heavy atom. The van der Waals surface area contributed by atoms with Gasteiger partial charge in [0.15, 0.2) is 15.5 Å². The summed E-state index contributed by atoms with van der Waals surface area (Å²) in [6.45, 7) is 0. The number of benzene rings is 3. The van der Waals surface area contributed by atoms with E-state index in [0.717, 1.165) is 11.8 Å². The van der Waals surface area contributed by atoms with Gasteiger partial charge in [0.25, 0.3) is 17.5 Å². The van der Waals surface area contributed by atoms with Crippen molar-refractivity contribution in [1.82, 2.24) is 9.78 Å². The highest BCUT2D eigenvalue weighted by Crippen LogP contribution is 2.39. The zero-order chi connectivity index (χ0) is 29.5. The molecular weight excluding hydrogens is 568 g/mol. The number of nitrogens with one attached hydrogen (secondary N) is 1. The van der Waals surface area contributed by atoms with Crippen molar-refractivity contribution in [2.24, 2.45) is 5.73 Å². The third-order valence-electron chi connectivity index (χ3n) is 6.58. The zero-order valence-corrected chi connectivity index (χ0v) is 23.0. The van der Waals surface area contributed by atoms with E-state index in [2.05, 4.69) is 10.4 Å². The van der Waals surface area contributed by atoms with Crippen LogP contribution in [0.1, 0.15) is 32.0 Å². The third-order valence-corrected chi connectivity index (χ3v) is 8.34. The van der Waals surface area contributed by atoms with Crippen molar-refractivity contribution in [3.63, 3.8) is 0 Å². The Hall–Kier alpha value is -5.00. The Morgan fingerprint density at radius 3 is 2.51 bits per heavy atom. The van der Waals surface area contributed by atoms with Crippen LogP contribution in [0.3, 0.4) is 0 Å². The molecule has 3 N–H and O–H groups in total. The van der Waals surface area contributed by atoms with Crippen LogP contribution in [0.5, 0.6) is 0 Å². The number of primary amides is 1. The molecule has 0 unspecified atom stereocenters. The highest BCUT2D eigenvalue weighted by Gasteiger charge is 2.29. The van der Waals surface area contributed by atoms with Crippen molar-refractivity contribution in [3.05, 3.63) is 93.2 Å². The number of rotatable bonds is 7. The number of nitrogens with zero attached hydrogens (tertiary/aromatic N) is 4. The van der Waals surface area contributed by atoms with Gasteiger partial charge >= 0.3 is 0 Å². The van der Waals surface area contributed by atoms with E-state index < -0.39 is 32.3 Å². The maximum Gasteiger partial charge on any atom is 0.296 e. The SMILES string of the molecule is CS(=O)(=O)c1ccc(-n2nc(C(N)=O)c3c2-c2cc(NC(=O)c4cccc(SC#N)c4[N+](=O)[O-])ccc2CC3)cc1. The molecule has 2 amide bonds. The van der Waals surface area contributed by atoms with Gasteiger partial charge in [0.2, 0.25) is 0 Å². The number of anilines is 1. The predicted octanol–water partition coefficient (Wildman–Crippen LogP) is 3.87. The van der Waals surface area contributed by atoms with Crippen molar-refractivity contribution >= 4 is 44.8 Å². The molecule has 0 spiro atoms. The number of nitro groups is 1. The lowest BCUT2D eigenvalue weighted by Crippen LogP contribution is -2.16. The summed E-state index contributed by atoms with van der Waals surface area (Å²) in [4.78, 5) is 36.6. The van der Waals surface area contributed by atoms with Gasteiger partial charge in [-0.2, -0.15) is 10.4 Å². The van der Waals surface area contributed by atoms with E-state index in [4.69, 9.17) is 11.0 Å². The largest absolute Gasteiger partial charge is 0.364 e. The number of nitrogens with two attached hydrogens (primary N) is 1. The summed E-state index contributed by atoms with van der Waals surface area (Å²) in [5, 5.41) is 29.7. The smallest absolute Gasteiger partial charge is 0.296 e. The first kappa shape index (κ1) is 27.6. The molecule has 4 aromatic rings. The van der Waals surface area contributed by atoms with Gasteiger partial charge < -0.3 is 11.1 Å². The molecule has 0 atom stereocenters. The van der Waals surface area contributed by atoms with E-state index in [0.29, 0.717) is 52.8 Å². The second-order valence-corrected chi connectivity index (χ2v) is 12.0. The number of para-hydroxylation sites is 1. The first-order valence-corrected chi connectivity index (χ1v) is 14.7. The number of hydrogen-bond donors (Lipinski definition) is 2. The Morgan fingerprint density at radius 1 is 1.15 bits per heavy atom. The van der Waals surface area contributed by atoms with Crippen molar-refractivity contribution in [1.29, 1.82) is 5.26 Å². The fourth-order valence-corrected chi connectivity index (χ4v) is 5.92. The lowest BCUT2D eigenvalue weighted by molar-refractivity contribution is -0.388. The molecule has 1 aromatic heterocycles. The first-order chi connectivity index (χ1) is 19.5. The Kier molecular flexibility index (Phi) is 7.08. The minimum Gasteiger partial charge on any atom is -0.364 e. The number of thiocyanates is 1. The van der Waals surface area contributed by atoms with E-state index in [1.165, 1.54) is 35.0 Å². The van der Waals surface area contributed by atoms with Crippen molar-refractivity contribution in [3.8, 4) is 22.3 Å². The minimum atomic E-state index is -3.43. The molecule has 12 nitrogen and oxygen atoms in total. The second-order valence-electron chi connectivity index (χ2n) is 9.15. The maximum absolute atomic E-state index is 13.2. The number of nitriles is 1. The Balaban J connectivity index is 1.59. The summed E-state index contributed by atoms with van der Waals surface area (Å²) in [7, 11) is -3.43. The normalized spacial score (nSPS) is 12.1. The van der Waals surface area contributed by atoms with Crippen LogP contribution in [-0.2, 0) is 22.7 Å². The molecule has 0 bridgehead atoms. The van der Waals surface area contributed by atoms with Gasteiger partial charge in [-0.15, -0.1) is 0 Å². The summed E-state index contributed by atoms with van der Waals surface area (Å²) < 4.78 is 25.4. The monoisotopic (exact) mass is 588 g/mol. The predicted molar refractivity (Wildman–Crippen MR) is 151 cm³/mol. The number of aryl methyl sites for hydroxylation is 1. The number of carbonyl (C=O) groups excluding carboxylic acids is 2. The molecule has 14 heteroatoms. The summed E-state index contributed by atoms with van der Waals surface area (Å²) in [5.41, 5.74) is 8.57. The van der Waals surface area contributed by atoms with Crippen LogP contribution in [0.15, 0.2) is 70.5 Å². The van der Waals surface area contributed by atoms with Gasteiger partial charge in [-0.05, 0) is 78.7 Å². The van der Waals surface area contributed by atoms with Crippen LogP contribution >= 0.6 is 11.8 Å². The van der Waals surface area contributed by atoms with Gasteiger partial charge in [0.05, 0.1) is 21.2 Å². The van der Waals surface area contributed by atoms with Gasteiger partial charge in [-0.3, -0.25) is 19.7 Å². The summed E-state index contributed by atoms with van der Waals surface area (Å²) in [6.07, 6.45) is 2.14. The molecule has 1 heterocycles. The quantitative estimate of drug-likeness (QED) is 0.140. The van der Waals surface area contributed by atoms with Crippen LogP contribution in [0.25, 0.3) is 16.9 Å². The number of aromatic nitrogens is 2. The first-order valence-electron chi connectivity index (χ1n) is 12.0. The molecule has 0 fully saturated rings. The summed E-state index contributed by atoms with van der Waals surface area (Å²) in [5.74, 6) is -1.46. The Bertz CT molecular complexity index is 1910. The van der Waals surface area contributed by atoms with E-state index in [1.807, 2.05) is 0 Å². The van der Waals surface area contributed by atoms with Crippen LogP contribution < -0.4 is 11.1 Å². The standard InChI is InChI=1S/C27H20N6O6S2/c1-41(38,39)18-10-8-17(9-11-18)32-24-19(23(31-32)26(29)34)12-6-15-5-7-16(13-21(15)24)30-27(35)20-3-2-4-22(40-14-28)25(20)33(36)37/h2-5,7-11,13H,6,12H2,1H3,(H2,29,34)(H,30,35). The minimum absolute atomic E-state index is 0.0463. The lowest BCUT2D eigenvalue weighted by atomic mass is 9.88. The van der Waals surface area contributed by atoms with Gasteiger partial charge in [0.1, 0.15) is 15.9 Å². The number of sulfone groups is 1. The molecule has 0 radical (unpaired) electrons. The number of nitro benzene ring substituents is 1. The highest BCUT2D eigenvalue weighted by atomic mass is 32.2. The van der Waals surface area contributed by atoms with Crippen LogP contribution in [0, 0.1) is 20.8 Å². The fourth-order valence-electron chi connectivity index (χ4n) is 4.76. The van der Waals surface area contributed by atoms with Crippen LogP contribution in [-0.4, -0.2) is 41.2 Å². The molecule has 206 valence electrons. The molecule has 5 rings (SSSR count). The topological polar surface area (TPSA) is 191 Å². The number of carbonyl (C=O) groups is 2. The van der Waals surface area contributed by atoms with E-state index in [1.54, 1.807) is 35.7 Å². The number of amides is 2. The zero-order valence-electron chi connectivity index (χ0n) is 21.3. The average molecular weight is 589 g/mol. The number of thioether (sulfide) groups is 1. The molecule has 0 saturated heterocycles. The highest BCUT2D eigenvalue weighted by molar-refractivity contribution is 8.03. The molecule has 0 saturated carbocycles. The van der Waals surface area contributed by atoms with Gasteiger partial charge in [-0.25, -0.2) is 13.1 Å². The lowest BCUT2D eigenvalue weighted by Gasteiger charge is -2.20. The van der Waals surface area contributed by atoms with E-state index >= 15 is 0 Å². The van der Waals surface area contributed by atoms with E-state index in [-0.39, 0.29) is 21.0 Å². The van der Waals surface area contributed by atoms with Crippen LogP contribution in [0.2, 0.25) is 0 Å². The van der Waals surface area contributed by atoms with Crippen molar-refractivity contribution < 1.29 is 22.9 Å². The molecule has 1 aliphatic rings. The molecule has 3 aromatic carbocycles. The van der Waals surface area contributed by atoms with E-state index in [9.17, 15) is 28.1 Å². The fraction of sp³-hybridized carbons (Fsp3) is 0.111. The van der Waals surface area contributed by atoms with Gasteiger partial charge in [0, 0.05) is 23.1 Å². The number of fused-ring (bicyclic) bond motifs is 3. The molecule has 0 aliphatic heterocycles. The number of hydrogen-bond acceptors (Lipinski definition) is 9. The second kappa shape index (κ2) is 10.5. The van der Waals surface area contributed by atoms with Crippen molar-refractivity contribution in [2.45, 2.75) is 22.6 Å². The van der Waals surface area contributed by atoms with Crippen LogP contribution in [0.4, 0.5) is 11.4 Å². The van der Waals surface area contributed by atoms with Crippen molar-refractivity contribution in [2.75, 3.05) is 11.6 Å². The third kappa shape index (κ3) is 5.15. The molecule has 1 aliphatic carbocycles. The Labute approximate surface area is 237 Å². The maximum atomic E-state index is 13.2. The van der Waals surface area contributed by atoms with Gasteiger partial charge in [-0.1, -0.05) is 12.1 Å².